The van der Waals surface area contributed by atoms with Gasteiger partial charge >= 0.3 is 11.9 Å². The number of hydrogen-bond acceptors (Lipinski definition) is 2. The van der Waals surface area contributed by atoms with Crippen molar-refractivity contribution in [3.05, 3.63) is 35.4 Å². The van der Waals surface area contributed by atoms with E-state index in [0.29, 0.717) is 12.3 Å². The van der Waals surface area contributed by atoms with Gasteiger partial charge in [-0.1, -0.05) is 30.7 Å². The van der Waals surface area contributed by atoms with Crippen LogP contribution in [0.4, 0.5) is 0 Å². The highest BCUT2D eigenvalue weighted by Gasteiger charge is 2.29. The van der Waals surface area contributed by atoms with Gasteiger partial charge in [-0.15, -0.1) is 0 Å². The molecule has 0 bridgehead atoms. The molecule has 2 N–H and O–H groups in total. The monoisotopic (exact) mass is 290 g/mol. The summed E-state index contributed by atoms with van der Waals surface area (Å²) in [7, 11) is 0. The Morgan fingerprint density at radius 1 is 1.00 bits per heavy atom. The highest BCUT2D eigenvalue weighted by molar-refractivity contribution is 5.67. The van der Waals surface area contributed by atoms with Gasteiger partial charge in [-0.2, -0.15) is 0 Å². The smallest absolute Gasteiger partial charge is 0.303 e. The summed E-state index contributed by atoms with van der Waals surface area (Å²) in [6.45, 7) is 0. The first-order valence-corrected chi connectivity index (χ1v) is 7.56. The molecule has 0 heterocycles. The van der Waals surface area contributed by atoms with Gasteiger partial charge in [-0.05, 0) is 48.6 Å². The third-order valence-electron chi connectivity index (χ3n) is 4.46. The van der Waals surface area contributed by atoms with Crippen LogP contribution in [-0.4, -0.2) is 22.2 Å². The van der Waals surface area contributed by atoms with Gasteiger partial charge in [0.15, 0.2) is 0 Å². The molecule has 0 aliphatic heterocycles. The molecule has 2 rings (SSSR count). The van der Waals surface area contributed by atoms with Crippen molar-refractivity contribution in [2.75, 3.05) is 0 Å². The predicted molar refractivity (Wildman–Crippen MR) is 79.2 cm³/mol. The Hall–Kier alpha value is -1.84. The minimum absolute atomic E-state index is 0.139. The maximum absolute atomic E-state index is 10.9. The second kappa shape index (κ2) is 7.25. The Labute approximate surface area is 124 Å². The van der Waals surface area contributed by atoms with E-state index in [-0.39, 0.29) is 18.8 Å². The van der Waals surface area contributed by atoms with Crippen molar-refractivity contribution in [1.29, 1.82) is 0 Å². The molecule has 0 amide bonds. The Kier molecular flexibility index (Phi) is 5.37. The maximum Gasteiger partial charge on any atom is 0.303 e. The summed E-state index contributed by atoms with van der Waals surface area (Å²) in [5, 5.41) is 17.8. The molecule has 0 saturated heterocycles. The van der Waals surface area contributed by atoms with Crippen LogP contribution in [0, 0.1) is 11.8 Å². The van der Waals surface area contributed by atoms with E-state index in [1.165, 1.54) is 5.56 Å². The molecule has 0 unspecified atom stereocenters. The molecule has 1 fully saturated rings. The van der Waals surface area contributed by atoms with E-state index < -0.39 is 11.9 Å². The molecule has 0 radical (unpaired) electrons. The quantitative estimate of drug-likeness (QED) is 0.809. The molecule has 1 aromatic rings. The summed E-state index contributed by atoms with van der Waals surface area (Å²) < 4.78 is 0. The standard InChI is InChI=1S/C17H22O4/c18-16(19)9-8-12-4-1-2-5-13(12)10-14-6-3-7-15(14)11-17(20)21/h1-2,4-5,14-15H,3,6-11H2,(H,18,19)(H,20,21)/t14-,15+/m0/s1. The summed E-state index contributed by atoms with van der Waals surface area (Å²) in [4.78, 5) is 21.7. The van der Waals surface area contributed by atoms with Gasteiger partial charge in [-0.3, -0.25) is 9.59 Å². The zero-order valence-corrected chi connectivity index (χ0v) is 12.1. The molecule has 1 aliphatic carbocycles. The fourth-order valence-corrected chi connectivity index (χ4v) is 3.40. The molecule has 21 heavy (non-hydrogen) atoms. The number of aliphatic carboxylic acids is 2. The molecule has 4 heteroatoms. The van der Waals surface area contributed by atoms with Crippen LogP contribution < -0.4 is 0 Å². The minimum Gasteiger partial charge on any atom is -0.481 e. The Balaban J connectivity index is 2.04. The number of benzene rings is 1. The molecule has 114 valence electrons. The van der Waals surface area contributed by atoms with Crippen LogP contribution in [0.25, 0.3) is 0 Å². The van der Waals surface area contributed by atoms with Crippen molar-refractivity contribution >= 4 is 11.9 Å². The average Bonchev–Trinajstić information content (AvgIpc) is 2.84. The first-order valence-electron chi connectivity index (χ1n) is 7.56. The van der Waals surface area contributed by atoms with E-state index in [2.05, 4.69) is 0 Å². The Bertz CT molecular complexity index is 509. The SMILES string of the molecule is O=C(O)CCc1ccccc1C[C@@H]1CCC[C@@H]1CC(=O)O. The van der Waals surface area contributed by atoms with Gasteiger partial charge in [0.05, 0.1) is 0 Å². The average molecular weight is 290 g/mol. The van der Waals surface area contributed by atoms with Crippen molar-refractivity contribution < 1.29 is 19.8 Å². The van der Waals surface area contributed by atoms with Crippen LogP contribution >= 0.6 is 0 Å². The van der Waals surface area contributed by atoms with Crippen molar-refractivity contribution in [1.82, 2.24) is 0 Å². The molecular formula is C17H22O4. The lowest BCUT2D eigenvalue weighted by atomic mass is 9.85. The van der Waals surface area contributed by atoms with Crippen LogP contribution in [0.2, 0.25) is 0 Å². The molecule has 2 atom stereocenters. The fraction of sp³-hybridized carbons (Fsp3) is 0.529. The van der Waals surface area contributed by atoms with E-state index in [4.69, 9.17) is 10.2 Å². The molecule has 0 aromatic heterocycles. The third kappa shape index (κ3) is 4.59. The van der Waals surface area contributed by atoms with Crippen LogP contribution in [0.5, 0.6) is 0 Å². The van der Waals surface area contributed by atoms with E-state index in [1.807, 2.05) is 24.3 Å². The molecule has 0 spiro atoms. The molecule has 4 nitrogen and oxygen atoms in total. The second-order valence-corrected chi connectivity index (χ2v) is 5.92. The van der Waals surface area contributed by atoms with E-state index in [1.54, 1.807) is 0 Å². The number of hydrogen-bond donors (Lipinski definition) is 2. The fourth-order valence-electron chi connectivity index (χ4n) is 3.40. The summed E-state index contributed by atoms with van der Waals surface area (Å²) in [6, 6.07) is 7.94. The minimum atomic E-state index is -0.783. The van der Waals surface area contributed by atoms with E-state index >= 15 is 0 Å². The summed E-state index contributed by atoms with van der Waals surface area (Å²) in [5.74, 6) is -0.831. The van der Waals surface area contributed by atoms with Gasteiger partial charge in [0.25, 0.3) is 0 Å². The number of carbonyl (C=O) groups is 2. The Morgan fingerprint density at radius 3 is 2.33 bits per heavy atom. The largest absolute Gasteiger partial charge is 0.481 e. The summed E-state index contributed by atoms with van der Waals surface area (Å²) in [5.41, 5.74) is 2.27. The van der Waals surface area contributed by atoms with Gasteiger partial charge in [0.1, 0.15) is 0 Å². The van der Waals surface area contributed by atoms with E-state index in [9.17, 15) is 9.59 Å². The number of rotatable bonds is 7. The van der Waals surface area contributed by atoms with Crippen molar-refractivity contribution in [3.8, 4) is 0 Å². The second-order valence-electron chi connectivity index (χ2n) is 5.92. The Morgan fingerprint density at radius 2 is 1.67 bits per heavy atom. The third-order valence-corrected chi connectivity index (χ3v) is 4.46. The number of aryl methyl sites for hydroxylation is 1. The topological polar surface area (TPSA) is 74.6 Å². The van der Waals surface area contributed by atoms with Gasteiger partial charge < -0.3 is 10.2 Å². The maximum atomic E-state index is 10.9. The normalized spacial score (nSPS) is 21.3. The lowest BCUT2D eigenvalue weighted by Gasteiger charge is -2.19. The zero-order chi connectivity index (χ0) is 15.2. The molecular weight excluding hydrogens is 268 g/mol. The lowest BCUT2D eigenvalue weighted by Crippen LogP contribution is -2.16. The number of carboxylic acid groups (broad SMARTS) is 2. The first-order chi connectivity index (χ1) is 10.1. The van der Waals surface area contributed by atoms with Crippen LogP contribution in [0.15, 0.2) is 24.3 Å². The summed E-state index contributed by atoms with van der Waals surface area (Å²) >= 11 is 0. The van der Waals surface area contributed by atoms with Crippen molar-refractivity contribution in [2.45, 2.75) is 44.9 Å². The first kappa shape index (κ1) is 15.5. The highest BCUT2D eigenvalue weighted by Crippen LogP contribution is 2.37. The molecule has 1 aliphatic rings. The van der Waals surface area contributed by atoms with Gasteiger partial charge in [-0.25, -0.2) is 0 Å². The number of carboxylic acids is 2. The van der Waals surface area contributed by atoms with E-state index in [0.717, 1.165) is 31.2 Å². The van der Waals surface area contributed by atoms with Crippen molar-refractivity contribution in [3.63, 3.8) is 0 Å². The zero-order valence-electron chi connectivity index (χ0n) is 12.1. The molecule has 1 saturated carbocycles. The van der Waals surface area contributed by atoms with Crippen LogP contribution in [0.1, 0.15) is 43.2 Å². The van der Waals surface area contributed by atoms with Gasteiger partial charge in [0, 0.05) is 12.8 Å². The predicted octanol–water partition coefficient (Wildman–Crippen LogP) is 3.14. The van der Waals surface area contributed by atoms with Crippen molar-refractivity contribution in [2.24, 2.45) is 11.8 Å². The van der Waals surface area contributed by atoms with Gasteiger partial charge in [0.2, 0.25) is 0 Å². The molecule has 1 aromatic carbocycles. The lowest BCUT2D eigenvalue weighted by molar-refractivity contribution is -0.138. The van der Waals surface area contributed by atoms with Crippen LogP contribution in [-0.2, 0) is 22.4 Å². The van der Waals surface area contributed by atoms with Crippen LogP contribution in [0.3, 0.4) is 0 Å². The summed E-state index contributed by atoms with van der Waals surface area (Å²) in [6.07, 6.45) is 4.97. The highest BCUT2D eigenvalue weighted by atomic mass is 16.4.